The number of anilines is 1. The number of nitrogens with one attached hydrogen (secondary N) is 2. The van der Waals surface area contributed by atoms with Crippen LogP contribution < -0.4 is 16.2 Å². The van der Waals surface area contributed by atoms with Crippen molar-refractivity contribution in [2.24, 2.45) is 11.1 Å². The summed E-state index contributed by atoms with van der Waals surface area (Å²) in [5.74, 6) is 0.592. The first-order valence-corrected chi connectivity index (χ1v) is 6.00. The third kappa shape index (κ3) is 1.67. The lowest BCUT2D eigenvalue weighted by Crippen LogP contribution is -2.32. The van der Waals surface area contributed by atoms with Crippen LogP contribution in [0.25, 0.3) is 11.0 Å². The van der Waals surface area contributed by atoms with Crippen molar-refractivity contribution >= 4 is 17.0 Å². The average molecular weight is 248 g/mol. The van der Waals surface area contributed by atoms with Crippen LogP contribution in [-0.4, -0.2) is 39.8 Å². The molecule has 1 unspecified atom stereocenters. The van der Waals surface area contributed by atoms with Crippen LogP contribution in [0, 0.1) is 5.41 Å². The minimum atomic E-state index is -0.162. The fraction of sp³-hybridized carbons (Fsp3) is 0.545. The van der Waals surface area contributed by atoms with Crippen LogP contribution in [0.5, 0.6) is 0 Å². The number of hydrogen-bond donors (Lipinski definition) is 3. The molecule has 0 amide bonds. The van der Waals surface area contributed by atoms with E-state index in [0.717, 1.165) is 19.5 Å². The SMILES string of the molecule is CC1(CN)CCN(c2nc3[nH]ncc3c(=O)[nH]2)C1. The van der Waals surface area contributed by atoms with Crippen molar-refractivity contribution in [2.45, 2.75) is 13.3 Å². The molecule has 1 aliphatic heterocycles. The number of nitrogens with two attached hydrogens (primary N) is 1. The highest BCUT2D eigenvalue weighted by molar-refractivity contribution is 5.73. The first kappa shape index (κ1) is 11.2. The predicted octanol–water partition coefficient (Wildman–Crippen LogP) is -0.179. The Hall–Kier alpha value is -1.89. The molecule has 4 N–H and O–H groups in total. The van der Waals surface area contributed by atoms with Gasteiger partial charge in [0.15, 0.2) is 5.65 Å². The topological polar surface area (TPSA) is 104 Å². The molecule has 3 heterocycles. The van der Waals surface area contributed by atoms with Gasteiger partial charge in [-0.25, -0.2) is 0 Å². The van der Waals surface area contributed by atoms with Crippen molar-refractivity contribution in [1.29, 1.82) is 0 Å². The molecular weight excluding hydrogens is 232 g/mol. The molecule has 1 fully saturated rings. The second-order valence-electron chi connectivity index (χ2n) is 5.21. The number of hydrogen-bond acceptors (Lipinski definition) is 5. The molecule has 7 nitrogen and oxygen atoms in total. The molecule has 1 aliphatic rings. The fourth-order valence-corrected chi connectivity index (χ4v) is 2.35. The molecule has 1 saturated heterocycles. The summed E-state index contributed by atoms with van der Waals surface area (Å²) < 4.78 is 0. The van der Waals surface area contributed by atoms with E-state index in [1.165, 1.54) is 6.20 Å². The molecule has 2 aromatic heterocycles. The maximum atomic E-state index is 11.8. The van der Waals surface area contributed by atoms with E-state index in [4.69, 9.17) is 5.73 Å². The number of aromatic amines is 2. The summed E-state index contributed by atoms with van der Waals surface area (Å²) in [5.41, 5.74) is 6.24. The van der Waals surface area contributed by atoms with Crippen LogP contribution >= 0.6 is 0 Å². The summed E-state index contributed by atoms with van der Waals surface area (Å²) in [6.07, 6.45) is 2.49. The van der Waals surface area contributed by atoms with E-state index in [1.807, 2.05) is 0 Å². The van der Waals surface area contributed by atoms with Crippen molar-refractivity contribution in [3.8, 4) is 0 Å². The lowest BCUT2D eigenvalue weighted by Gasteiger charge is -2.22. The Morgan fingerprint density at radius 3 is 3.17 bits per heavy atom. The van der Waals surface area contributed by atoms with Crippen LogP contribution in [0.3, 0.4) is 0 Å². The predicted molar refractivity (Wildman–Crippen MR) is 68.5 cm³/mol. The van der Waals surface area contributed by atoms with E-state index in [2.05, 4.69) is 32.0 Å². The van der Waals surface area contributed by atoms with Crippen LogP contribution in [0.15, 0.2) is 11.0 Å². The second kappa shape index (κ2) is 3.81. The van der Waals surface area contributed by atoms with Crippen molar-refractivity contribution in [3.05, 3.63) is 16.6 Å². The maximum absolute atomic E-state index is 11.8. The van der Waals surface area contributed by atoms with Crippen LogP contribution in [-0.2, 0) is 0 Å². The molecule has 18 heavy (non-hydrogen) atoms. The standard InChI is InChI=1S/C11H16N6O/c1-11(5-12)2-3-17(6-11)10-14-8-7(4-13-16-8)9(18)15-10/h4H,2-3,5-6,12H2,1H3,(H2,13,14,15,16,18). The number of nitrogens with zero attached hydrogens (tertiary/aromatic N) is 3. The van der Waals surface area contributed by atoms with Gasteiger partial charge >= 0.3 is 0 Å². The zero-order valence-electron chi connectivity index (χ0n) is 10.2. The lowest BCUT2D eigenvalue weighted by atomic mass is 9.90. The molecule has 2 aromatic rings. The van der Waals surface area contributed by atoms with Gasteiger partial charge in [-0.05, 0) is 18.4 Å². The smallest absolute Gasteiger partial charge is 0.263 e. The van der Waals surface area contributed by atoms with Gasteiger partial charge in [0.1, 0.15) is 5.39 Å². The van der Waals surface area contributed by atoms with Gasteiger partial charge in [0.25, 0.3) is 5.56 Å². The molecule has 0 spiro atoms. The molecule has 7 heteroatoms. The summed E-state index contributed by atoms with van der Waals surface area (Å²) in [5, 5.41) is 7.04. The quantitative estimate of drug-likeness (QED) is 0.684. The average Bonchev–Trinajstić information content (AvgIpc) is 2.96. The van der Waals surface area contributed by atoms with Crippen LogP contribution in [0.4, 0.5) is 5.95 Å². The van der Waals surface area contributed by atoms with Gasteiger partial charge < -0.3 is 10.6 Å². The summed E-state index contributed by atoms with van der Waals surface area (Å²) in [6.45, 7) is 4.46. The molecule has 1 atom stereocenters. The van der Waals surface area contributed by atoms with Gasteiger partial charge in [-0.15, -0.1) is 0 Å². The number of H-pyrrole nitrogens is 2. The van der Waals surface area contributed by atoms with Crippen LogP contribution in [0.1, 0.15) is 13.3 Å². The van der Waals surface area contributed by atoms with Gasteiger partial charge in [-0.3, -0.25) is 14.9 Å². The summed E-state index contributed by atoms with van der Waals surface area (Å²) in [7, 11) is 0. The van der Waals surface area contributed by atoms with Gasteiger partial charge in [0.05, 0.1) is 6.20 Å². The minimum Gasteiger partial charge on any atom is -0.342 e. The largest absolute Gasteiger partial charge is 0.342 e. The Labute approximate surface area is 103 Å². The Bertz CT molecular complexity index is 632. The van der Waals surface area contributed by atoms with Gasteiger partial charge in [-0.1, -0.05) is 6.92 Å². The second-order valence-corrected chi connectivity index (χ2v) is 5.21. The van der Waals surface area contributed by atoms with Crippen molar-refractivity contribution in [3.63, 3.8) is 0 Å². The van der Waals surface area contributed by atoms with Crippen molar-refractivity contribution in [1.82, 2.24) is 20.2 Å². The molecule has 96 valence electrons. The lowest BCUT2D eigenvalue weighted by molar-refractivity contribution is 0.383. The van der Waals surface area contributed by atoms with E-state index in [0.29, 0.717) is 23.5 Å². The Morgan fingerprint density at radius 1 is 1.61 bits per heavy atom. The van der Waals surface area contributed by atoms with Gasteiger partial charge in [0, 0.05) is 13.1 Å². The Morgan fingerprint density at radius 2 is 2.44 bits per heavy atom. The first-order chi connectivity index (χ1) is 8.61. The van der Waals surface area contributed by atoms with Crippen LogP contribution in [0.2, 0.25) is 0 Å². The number of aromatic nitrogens is 4. The summed E-state index contributed by atoms with van der Waals surface area (Å²) >= 11 is 0. The van der Waals surface area contributed by atoms with E-state index >= 15 is 0 Å². The normalized spacial score (nSPS) is 24.0. The van der Waals surface area contributed by atoms with Gasteiger partial charge in [0.2, 0.25) is 5.95 Å². The molecule has 0 aromatic carbocycles. The third-order valence-electron chi connectivity index (χ3n) is 3.66. The monoisotopic (exact) mass is 248 g/mol. The van der Waals surface area contributed by atoms with Gasteiger partial charge in [-0.2, -0.15) is 10.1 Å². The van der Waals surface area contributed by atoms with E-state index in [9.17, 15) is 4.79 Å². The van der Waals surface area contributed by atoms with Crippen molar-refractivity contribution in [2.75, 3.05) is 24.5 Å². The minimum absolute atomic E-state index is 0.0987. The highest BCUT2D eigenvalue weighted by Gasteiger charge is 2.33. The zero-order valence-corrected chi connectivity index (χ0v) is 10.2. The number of rotatable bonds is 2. The fourth-order valence-electron chi connectivity index (χ4n) is 2.35. The van der Waals surface area contributed by atoms with Crippen molar-refractivity contribution < 1.29 is 0 Å². The van der Waals surface area contributed by atoms with E-state index in [1.54, 1.807) is 0 Å². The summed E-state index contributed by atoms with van der Waals surface area (Å²) in [6, 6.07) is 0. The third-order valence-corrected chi connectivity index (χ3v) is 3.66. The highest BCUT2D eigenvalue weighted by atomic mass is 16.1. The Balaban J connectivity index is 1.98. The molecule has 0 radical (unpaired) electrons. The Kier molecular flexibility index (Phi) is 2.37. The molecule has 0 aliphatic carbocycles. The molecule has 3 rings (SSSR count). The molecule has 0 saturated carbocycles. The number of fused-ring (bicyclic) bond motifs is 1. The molecular formula is C11H16N6O. The maximum Gasteiger partial charge on any atom is 0.263 e. The summed E-state index contributed by atoms with van der Waals surface area (Å²) in [4.78, 5) is 21.1. The van der Waals surface area contributed by atoms with E-state index < -0.39 is 0 Å². The van der Waals surface area contributed by atoms with E-state index in [-0.39, 0.29) is 11.0 Å². The molecule has 0 bridgehead atoms. The highest BCUT2D eigenvalue weighted by Crippen LogP contribution is 2.30. The zero-order chi connectivity index (χ0) is 12.8. The first-order valence-electron chi connectivity index (χ1n) is 6.00.